The molecule has 3 heteroatoms. The molecule has 0 saturated carbocycles. The molecule has 0 aromatic heterocycles. The van der Waals surface area contributed by atoms with Crippen molar-refractivity contribution in [3.63, 3.8) is 0 Å². The summed E-state index contributed by atoms with van der Waals surface area (Å²) in [5, 5.41) is 8.46. The van der Waals surface area contributed by atoms with E-state index in [1.54, 1.807) is 0 Å². The number of unbranched alkanes of at least 4 members (excludes halogenated alkanes) is 7. The van der Waals surface area contributed by atoms with E-state index in [0.29, 0.717) is 14.3 Å². The molecule has 0 amide bonds. The third-order valence-electron chi connectivity index (χ3n) is 2.75. The molecule has 0 radical (unpaired) electrons. The molecule has 0 aromatic carbocycles. The maximum Gasteiger partial charge on any atom is 0.303 e. The molecule has 0 atom stereocenters. The van der Waals surface area contributed by atoms with Crippen molar-refractivity contribution in [3.05, 3.63) is 0 Å². The number of hydrogen-bond acceptors (Lipinski definition) is 1. The summed E-state index contributed by atoms with van der Waals surface area (Å²) in [4.78, 5) is 10.3. The largest absolute Gasteiger partial charge is 0.481 e. The van der Waals surface area contributed by atoms with Crippen LogP contribution in [-0.2, 0) is 4.79 Å². The zero-order chi connectivity index (χ0) is 12.2. The second kappa shape index (κ2) is 11.4. The average molecular weight is 246 g/mol. The van der Waals surface area contributed by atoms with Gasteiger partial charge >= 0.3 is 5.97 Å². The molecule has 0 unspecified atom stereocenters. The maximum absolute atomic E-state index is 10.3. The molecule has 0 bridgehead atoms. The fourth-order valence-corrected chi connectivity index (χ4v) is 2.62. The summed E-state index contributed by atoms with van der Waals surface area (Å²) in [7, 11) is 0.305. The van der Waals surface area contributed by atoms with Crippen LogP contribution >= 0.6 is 7.92 Å². The molecule has 0 rings (SSSR count). The van der Waals surface area contributed by atoms with Crippen LogP contribution in [0, 0.1) is 0 Å². The van der Waals surface area contributed by atoms with Crippen LogP contribution in [0.2, 0.25) is 0 Å². The number of rotatable bonds is 11. The molecule has 0 aliphatic heterocycles. The lowest BCUT2D eigenvalue weighted by atomic mass is 10.1. The fraction of sp³-hybridized carbons (Fsp3) is 0.923. The van der Waals surface area contributed by atoms with E-state index in [1.165, 1.54) is 44.7 Å². The van der Waals surface area contributed by atoms with Crippen molar-refractivity contribution in [2.45, 2.75) is 57.8 Å². The van der Waals surface area contributed by atoms with Gasteiger partial charge in [0.15, 0.2) is 0 Å². The molecule has 0 saturated heterocycles. The molecular weight excluding hydrogens is 219 g/mol. The molecule has 0 aliphatic carbocycles. The van der Waals surface area contributed by atoms with Gasteiger partial charge in [0.1, 0.15) is 0 Å². The van der Waals surface area contributed by atoms with Crippen LogP contribution < -0.4 is 0 Å². The Morgan fingerprint density at radius 2 is 1.31 bits per heavy atom. The Balaban J connectivity index is 2.96. The predicted octanol–water partition coefficient (Wildman–Crippen LogP) is 4.32. The van der Waals surface area contributed by atoms with E-state index >= 15 is 0 Å². The Morgan fingerprint density at radius 1 is 0.875 bits per heavy atom. The SMILES string of the molecule is CP(C)CCCCCCCCCCC(=O)O. The molecule has 2 nitrogen and oxygen atoms in total. The lowest BCUT2D eigenvalue weighted by molar-refractivity contribution is -0.137. The summed E-state index contributed by atoms with van der Waals surface area (Å²) in [5.41, 5.74) is 0. The van der Waals surface area contributed by atoms with Crippen molar-refractivity contribution in [1.82, 2.24) is 0 Å². The van der Waals surface area contributed by atoms with Gasteiger partial charge in [0.25, 0.3) is 0 Å². The van der Waals surface area contributed by atoms with Crippen LogP contribution in [0.4, 0.5) is 0 Å². The average Bonchev–Trinajstić information content (AvgIpc) is 2.20. The van der Waals surface area contributed by atoms with Gasteiger partial charge in [-0.25, -0.2) is 0 Å². The Kier molecular flexibility index (Phi) is 11.3. The van der Waals surface area contributed by atoms with Crippen molar-refractivity contribution < 1.29 is 9.90 Å². The van der Waals surface area contributed by atoms with E-state index in [-0.39, 0.29) is 0 Å². The van der Waals surface area contributed by atoms with Crippen LogP contribution in [0.3, 0.4) is 0 Å². The first-order valence-electron chi connectivity index (χ1n) is 6.49. The van der Waals surface area contributed by atoms with Crippen LogP contribution in [-0.4, -0.2) is 30.6 Å². The first kappa shape index (κ1) is 15.9. The molecular formula is C13H27O2P. The normalized spacial score (nSPS) is 10.9. The van der Waals surface area contributed by atoms with Crippen LogP contribution in [0.5, 0.6) is 0 Å². The van der Waals surface area contributed by atoms with Crippen LogP contribution in [0.1, 0.15) is 57.8 Å². The van der Waals surface area contributed by atoms with Gasteiger partial charge in [-0.15, -0.1) is 7.92 Å². The van der Waals surface area contributed by atoms with Crippen molar-refractivity contribution in [2.75, 3.05) is 19.5 Å². The lowest BCUT2D eigenvalue weighted by Gasteiger charge is -2.04. The summed E-state index contributed by atoms with van der Waals surface area (Å²) >= 11 is 0. The third kappa shape index (κ3) is 13.9. The van der Waals surface area contributed by atoms with Gasteiger partial charge < -0.3 is 5.11 Å². The van der Waals surface area contributed by atoms with Crippen LogP contribution in [0.15, 0.2) is 0 Å². The summed E-state index contributed by atoms with van der Waals surface area (Å²) < 4.78 is 0. The molecule has 0 spiro atoms. The van der Waals surface area contributed by atoms with E-state index in [4.69, 9.17) is 5.11 Å². The van der Waals surface area contributed by atoms with E-state index in [2.05, 4.69) is 13.3 Å². The minimum Gasteiger partial charge on any atom is -0.481 e. The van der Waals surface area contributed by atoms with Gasteiger partial charge in [0.2, 0.25) is 0 Å². The number of carboxylic acids is 1. The van der Waals surface area contributed by atoms with Crippen LogP contribution in [0.25, 0.3) is 0 Å². The minimum atomic E-state index is -0.657. The van der Waals surface area contributed by atoms with Gasteiger partial charge in [-0.3, -0.25) is 4.79 Å². The Morgan fingerprint density at radius 3 is 1.75 bits per heavy atom. The van der Waals surface area contributed by atoms with Crippen molar-refractivity contribution in [1.29, 1.82) is 0 Å². The second-order valence-corrected chi connectivity index (χ2v) is 7.38. The third-order valence-corrected chi connectivity index (χ3v) is 3.96. The molecule has 0 aromatic rings. The fourth-order valence-electron chi connectivity index (χ4n) is 1.76. The Hall–Kier alpha value is -0.100. The summed E-state index contributed by atoms with van der Waals surface area (Å²) in [6.45, 7) is 4.69. The number of aliphatic carboxylic acids is 1. The second-order valence-electron chi connectivity index (χ2n) is 4.78. The van der Waals surface area contributed by atoms with E-state index in [0.717, 1.165) is 12.8 Å². The lowest BCUT2D eigenvalue weighted by Crippen LogP contribution is -1.93. The van der Waals surface area contributed by atoms with Gasteiger partial charge in [0, 0.05) is 6.42 Å². The summed E-state index contributed by atoms with van der Waals surface area (Å²) in [6.07, 6.45) is 11.7. The minimum absolute atomic E-state index is 0.305. The molecule has 0 heterocycles. The highest BCUT2D eigenvalue weighted by molar-refractivity contribution is 7.55. The zero-order valence-electron chi connectivity index (χ0n) is 10.9. The zero-order valence-corrected chi connectivity index (χ0v) is 11.8. The van der Waals surface area contributed by atoms with Crippen molar-refractivity contribution in [2.24, 2.45) is 0 Å². The maximum atomic E-state index is 10.3. The highest BCUT2D eigenvalue weighted by atomic mass is 31.1. The summed E-state index contributed by atoms with van der Waals surface area (Å²) in [6, 6.07) is 0. The number of carbonyl (C=O) groups is 1. The van der Waals surface area contributed by atoms with Crippen molar-refractivity contribution >= 4 is 13.9 Å². The van der Waals surface area contributed by atoms with Gasteiger partial charge in [-0.1, -0.05) is 38.5 Å². The topological polar surface area (TPSA) is 37.3 Å². The van der Waals surface area contributed by atoms with Crippen molar-refractivity contribution in [3.8, 4) is 0 Å². The predicted molar refractivity (Wildman–Crippen MR) is 72.8 cm³/mol. The molecule has 0 fully saturated rings. The molecule has 1 N–H and O–H groups in total. The quantitative estimate of drug-likeness (QED) is 0.435. The van der Waals surface area contributed by atoms with Gasteiger partial charge in [0.05, 0.1) is 0 Å². The molecule has 0 aliphatic rings. The standard InChI is InChI=1S/C13H27O2P/c1-16(2)12-10-8-6-4-3-5-7-9-11-13(14)15/h3-12H2,1-2H3,(H,14,15). The first-order chi connectivity index (χ1) is 7.63. The molecule has 96 valence electrons. The Labute approximate surface area is 102 Å². The highest BCUT2D eigenvalue weighted by Crippen LogP contribution is 2.26. The summed E-state index contributed by atoms with van der Waals surface area (Å²) in [5.74, 6) is -0.657. The number of carboxylic acid groups (broad SMARTS) is 1. The molecule has 16 heavy (non-hydrogen) atoms. The van der Waals surface area contributed by atoms with Gasteiger partial charge in [-0.05, 0) is 32.3 Å². The highest BCUT2D eigenvalue weighted by Gasteiger charge is 1.97. The smallest absolute Gasteiger partial charge is 0.303 e. The van der Waals surface area contributed by atoms with E-state index in [9.17, 15) is 4.79 Å². The Bertz CT molecular complexity index is 169. The van der Waals surface area contributed by atoms with E-state index < -0.39 is 5.97 Å². The van der Waals surface area contributed by atoms with Gasteiger partial charge in [-0.2, -0.15) is 0 Å². The monoisotopic (exact) mass is 246 g/mol. The van der Waals surface area contributed by atoms with E-state index in [1.807, 2.05) is 0 Å². The first-order valence-corrected chi connectivity index (χ1v) is 8.91. The number of hydrogen-bond donors (Lipinski definition) is 1.